The molecule has 1 aliphatic heterocycles. The van der Waals surface area contributed by atoms with Crippen molar-refractivity contribution in [3.8, 4) is 0 Å². The van der Waals surface area contributed by atoms with E-state index < -0.39 is 15.7 Å². The van der Waals surface area contributed by atoms with Gasteiger partial charge in [-0.2, -0.15) is 0 Å². The van der Waals surface area contributed by atoms with Crippen LogP contribution in [-0.2, 0) is 15.7 Å². The highest BCUT2D eigenvalue weighted by Gasteiger charge is 2.43. The number of amidine groups is 1. The third-order valence-corrected chi connectivity index (χ3v) is 8.43. The standard InChI is InChI=1S/C20H24ClN3O3S2.BrH/c1-13-6-9-17(14(2)10-13)22-19-24(5)20(25,12-28-19)15-7-8-16(21)18(11-15)29(26,27)23(3)4;/h6-11,25H,12H2,1-5H3;1H. The fraction of sp³-hybridized carbons (Fsp3) is 0.350. The highest BCUT2D eigenvalue weighted by atomic mass is 79.9. The molecule has 2 aromatic rings. The van der Waals surface area contributed by atoms with Crippen LogP contribution in [0, 0.1) is 13.8 Å². The van der Waals surface area contributed by atoms with E-state index in [1.54, 1.807) is 18.0 Å². The highest BCUT2D eigenvalue weighted by Crippen LogP contribution is 2.40. The Kier molecular flexibility index (Phi) is 7.70. The monoisotopic (exact) mass is 533 g/mol. The molecule has 3 rings (SSSR count). The van der Waals surface area contributed by atoms with E-state index >= 15 is 0 Å². The van der Waals surface area contributed by atoms with E-state index in [9.17, 15) is 13.5 Å². The van der Waals surface area contributed by atoms with Crippen molar-refractivity contribution in [2.24, 2.45) is 4.99 Å². The summed E-state index contributed by atoms with van der Waals surface area (Å²) in [5.74, 6) is 0.316. The molecule has 10 heteroatoms. The normalized spacial score (nSPS) is 20.7. The second kappa shape index (κ2) is 9.18. The van der Waals surface area contributed by atoms with E-state index in [-0.39, 0.29) is 26.9 Å². The van der Waals surface area contributed by atoms with E-state index in [0.717, 1.165) is 21.1 Å². The maximum absolute atomic E-state index is 12.6. The summed E-state index contributed by atoms with van der Waals surface area (Å²) in [6.07, 6.45) is 0. The van der Waals surface area contributed by atoms with Crippen molar-refractivity contribution in [2.75, 3.05) is 26.9 Å². The second-order valence-electron chi connectivity index (χ2n) is 7.28. The van der Waals surface area contributed by atoms with E-state index in [1.165, 1.54) is 38.0 Å². The summed E-state index contributed by atoms with van der Waals surface area (Å²) in [6, 6.07) is 10.6. The molecule has 30 heavy (non-hydrogen) atoms. The Morgan fingerprint density at radius 2 is 1.87 bits per heavy atom. The fourth-order valence-electron chi connectivity index (χ4n) is 3.08. The fourth-order valence-corrected chi connectivity index (χ4v) is 5.67. The summed E-state index contributed by atoms with van der Waals surface area (Å²) in [5, 5.41) is 12.2. The van der Waals surface area contributed by atoms with E-state index in [1.807, 2.05) is 26.0 Å². The first-order chi connectivity index (χ1) is 13.5. The number of nitrogens with zero attached hydrogens (tertiary/aromatic N) is 3. The van der Waals surface area contributed by atoms with Crippen LogP contribution >= 0.6 is 40.3 Å². The number of aliphatic imine (C=N–C) groups is 1. The van der Waals surface area contributed by atoms with Crippen molar-refractivity contribution < 1.29 is 13.5 Å². The van der Waals surface area contributed by atoms with Gasteiger partial charge < -0.3 is 10.0 Å². The van der Waals surface area contributed by atoms with Gasteiger partial charge in [0, 0.05) is 26.7 Å². The molecule has 0 bridgehead atoms. The topological polar surface area (TPSA) is 73.2 Å². The van der Waals surface area contributed by atoms with Crippen LogP contribution in [-0.4, -0.2) is 54.8 Å². The molecule has 1 heterocycles. The lowest BCUT2D eigenvalue weighted by atomic mass is 10.0. The number of thioether (sulfide) groups is 1. The van der Waals surface area contributed by atoms with Gasteiger partial charge in [-0.25, -0.2) is 17.7 Å². The Morgan fingerprint density at radius 3 is 2.47 bits per heavy atom. The first-order valence-corrected chi connectivity index (χ1v) is 11.7. The van der Waals surface area contributed by atoms with Crippen molar-refractivity contribution >= 4 is 61.2 Å². The van der Waals surface area contributed by atoms with Gasteiger partial charge in [0.15, 0.2) is 10.9 Å². The Labute approximate surface area is 197 Å². The quantitative estimate of drug-likeness (QED) is 0.633. The molecule has 0 spiro atoms. The van der Waals surface area contributed by atoms with Crippen LogP contribution in [0.25, 0.3) is 0 Å². The minimum Gasteiger partial charge on any atom is -0.366 e. The number of hydrogen-bond acceptors (Lipinski definition) is 5. The molecule has 1 saturated heterocycles. The first-order valence-electron chi connectivity index (χ1n) is 8.94. The zero-order valence-electron chi connectivity index (χ0n) is 17.4. The summed E-state index contributed by atoms with van der Waals surface area (Å²) in [5.41, 5.74) is 2.09. The number of benzene rings is 2. The molecule has 1 N–H and O–H groups in total. The molecular weight excluding hydrogens is 510 g/mol. The van der Waals surface area contributed by atoms with Crippen molar-refractivity contribution in [3.05, 3.63) is 58.1 Å². The maximum atomic E-state index is 12.6. The average molecular weight is 535 g/mol. The molecule has 1 atom stereocenters. The van der Waals surface area contributed by atoms with Gasteiger partial charge in [-0.3, -0.25) is 0 Å². The van der Waals surface area contributed by atoms with Gasteiger partial charge in [0.25, 0.3) is 0 Å². The summed E-state index contributed by atoms with van der Waals surface area (Å²) in [6.45, 7) is 4.02. The lowest BCUT2D eigenvalue weighted by Gasteiger charge is -2.32. The number of halogens is 2. The molecule has 0 aromatic heterocycles. The van der Waals surface area contributed by atoms with Crippen molar-refractivity contribution in [2.45, 2.75) is 24.5 Å². The zero-order chi connectivity index (χ0) is 21.6. The third kappa shape index (κ3) is 4.56. The largest absolute Gasteiger partial charge is 0.366 e. The zero-order valence-corrected chi connectivity index (χ0v) is 21.5. The summed E-state index contributed by atoms with van der Waals surface area (Å²) in [7, 11) is 0.894. The summed E-state index contributed by atoms with van der Waals surface area (Å²) >= 11 is 7.57. The van der Waals surface area contributed by atoms with Crippen LogP contribution in [0.15, 0.2) is 46.3 Å². The minimum absolute atomic E-state index is 0. The van der Waals surface area contributed by atoms with Gasteiger partial charge in [0.1, 0.15) is 4.90 Å². The van der Waals surface area contributed by atoms with Crippen LogP contribution < -0.4 is 0 Å². The van der Waals surface area contributed by atoms with Gasteiger partial charge >= 0.3 is 0 Å². The van der Waals surface area contributed by atoms with Crippen LogP contribution in [0.1, 0.15) is 16.7 Å². The summed E-state index contributed by atoms with van der Waals surface area (Å²) < 4.78 is 26.3. The molecule has 0 radical (unpaired) electrons. The van der Waals surface area contributed by atoms with Crippen molar-refractivity contribution in [1.29, 1.82) is 0 Å². The molecule has 164 valence electrons. The summed E-state index contributed by atoms with van der Waals surface area (Å²) in [4.78, 5) is 6.35. The molecular formula is C20H25BrClN3O3S2. The molecule has 2 aromatic carbocycles. The molecule has 0 saturated carbocycles. The van der Waals surface area contributed by atoms with Gasteiger partial charge in [0.05, 0.1) is 16.5 Å². The molecule has 1 aliphatic rings. The van der Waals surface area contributed by atoms with Gasteiger partial charge in [-0.05, 0) is 37.6 Å². The van der Waals surface area contributed by atoms with Crippen LogP contribution in [0.3, 0.4) is 0 Å². The Bertz CT molecular complexity index is 1090. The number of aliphatic hydroxyl groups is 1. The molecule has 0 amide bonds. The predicted octanol–water partition coefficient (Wildman–Crippen LogP) is 4.30. The molecule has 0 aliphatic carbocycles. The van der Waals surface area contributed by atoms with Gasteiger partial charge in [-0.15, -0.1) is 17.0 Å². The van der Waals surface area contributed by atoms with E-state index in [0.29, 0.717) is 16.5 Å². The number of hydrogen-bond donors (Lipinski definition) is 1. The van der Waals surface area contributed by atoms with Crippen molar-refractivity contribution in [3.63, 3.8) is 0 Å². The Morgan fingerprint density at radius 1 is 1.20 bits per heavy atom. The molecule has 1 fully saturated rings. The van der Waals surface area contributed by atoms with Gasteiger partial charge in [0.2, 0.25) is 10.0 Å². The van der Waals surface area contributed by atoms with Gasteiger partial charge in [-0.1, -0.05) is 47.1 Å². The number of aryl methyl sites for hydroxylation is 2. The lowest BCUT2D eigenvalue weighted by molar-refractivity contribution is -0.0349. The van der Waals surface area contributed by atoms with E-state index in [2.05, 4.69) is 6.07 Å². The third-order valence-electron chi connectivity index (χ3n) is 4.96. The second-order valence-corrected chi connectivity index (χ2v) is 10.8. The Hall–Kier alpha value is -1.10. The smallest absolute Gasteiger partial charge is 0.244 e. The van der Waals surface area contributed by atoms with Crippen molar-refractivity contribution in [1.82, 2.24) is 9.21 Å². The highest BCUT2D eigenvalue weighted by molar-refractivity contribution is 8.93. The lowest BCUT2D eigenvalue weighted by Crippen LogP contribution is -2.42. The SMILES string of the molecule is Br.Cc1ccc(N=C2SCC(O)(c3ccc(Cl)c(S(=O)(=O)N(C)C)c3)N2C)c(C)c1. The average Bonchev–Trinajstić information content (AvgIpc) is 2.93. The first kappa shape index (κ1) is 25.2. The Balaban J connectivity index is 0.00000320. The molecule has 1 unspecified atom stereocenters. The number of rotatable bonds is 4. The molecule has 6 nitrogen and oxygen atoms in total. The van der Waals surface area contributed by atoms with Crippen LogP contribution in [0.2, 0.25) is 5.02 Å². The number of sulfonamides is 1. The van der Waals surface area contributed by atoms with Crippen LogP contribution in [0.4, 0.5) is 5.69 Å². The van der Waals surface area contributed by atoms with E-state index in [4.69, 9.17) is 16.6 Å². The minimum atomic E-state index is -3.74. The van der Waals surface area contributed by atoms with Crippen LogP contribution in [0.5, 0.6) is 0 Å². The maximum Gasteiger partial charge on any atom is 0.244 e. The predicted molar refractivity (Wildman–Crippen MR) is 130 cm³/mol.